The van der Waals surface area contributed by atoms with Gasteiger partial charge in [0.15, 0.2) is 5.78 Å². The van der Waals surface area contributed by atoms with Crippen LogP contribution in [0.4, 0.5) is 13.2 Å². The van der Waals surface area contributed by atoms with Gasteiger partial charge in [0.1, 0.15) is 5.75 Å². The van der Waals surface area contributed by atoms with Gasteiger partial charge in [-0.15, -0.1) is 0 Å². The van der Waals surface area contributed by atoms with Crippen molar-refractivity contribution in [2.24, 2.45) is 0 Å². The van der Waals surface area contributed by atoms with Crippen LogP contribution >= 0.6 is 0 Å². The summed E-state index contributed by atoms with van der Waals surface area (Å²) in [6, 6.07) is 2.77. The third-order valence-corrected chi connectivity index (χ3v) is 2.16. The van der Waals surface area contributed by atoms with E-state index in [1.54, 1.807) is 0 Å². The lowest BCUT2D eigenvalue weighted by atomic mass is 10.0. The highest BCUT2D eigenvalue weighted by atomic mass is 19.4. The molecule has 0 radical (unpaired) electrons. The van der Waals surface area contributed by atoms with Crippen molar-refractivity contribution in [1.82, 2.24) is 0 Å². The van der Waals surface area contributed by atoms with E-state index in [0.29, 0.717) is 0 Å². The van der Waals surface area contributed by atoms with Crippen LogP contribution in [0.25, 0.3) is 0 Å². The maximum absolute atomic E-state index is 12.5. The van der Waals surface area contributed by atoms with E-state index in [2.05, 4.69) is 6.58 Å². The largest absolute Gasteiger partial charge is 0.496 e. The Morgan fingerprint density at radius 2 is 1.94 bits per heavy atom. The highest BCUT2D eigenvalue weighted by molar-refractivity contribution is 6.09. The molecule has 0 aliphatic heterocycles. The van der Waals surface area contributed by atoms with Crippen LogP contribution < -0.4 is 4.74 Å². The Hall–Kier alpha value is -1.78. The molecule has 0 saturated heterocycles. The van der Waals surface area contributed by atoms with Gasteiger partial charge in [0.25, 0.3) is 0 Å². The lowest BCUT2D eigenvalue weighted by Crippen LogP contribution is -2.09. The van der Waals surface area contributed by atoms with Crippen molar-refractivity contribution >= 4 is 5.78 Å². The molecule has 17 heavy (non-hydrogen) atoms. The summed E-state index contributed by atoms with van der Waals surface area (Å²) in [7, 11) is 1.29. The number of rotatable bonds is 3. The normalized spacial score (nSPS) is 11.1. The Balaban J connectivity index is 3.35. The first kappa shape index (κ1) is 13.3. The average molecular weight is 244 g/mol. The zero-order valence-electron chi connectivity index (χ0n) is 9.39. The van der Waals surface area contributed by atoms with Gasteiger partial charge in [-0.2, -0.15) is 13.2 Å². The van der Waals surface area contributed by atoms with Crippen molar-refractivity contribution in [3.8, 4) is 5.75 Å². The number of carbonyl (C=O) groups is 1. The molecule has 0 spiro atoms. The molecule has 0 amide bonds. The summed E-state index contributed by atoms with van der Waals surface area (Å²) in [6.07, 6.45) is -4.49. The van der Waals surface area contributed by atoms with Gasteiger partial charge in [-0.25, -0.2) is 0 Å². The van der Waals surface area contributed by atoms with Crippen LogP contribution in [0.5, 0.6) is 5.75 Å². The number of alkyl halides is 3. The van der Waals surface area contributed by atoms with Gasteiger partial charge >= 0.3 is 6.18 Å². The number of hydrogen-bond acceptors (Lipinski definition) is 2. The summed E-state index contributed by atoms with van der Waals surface area (Å²) in [5.74, 6) is -0.459. The number of Topliss-reactive ketones (excluding diaryl/α,β-unsaturated/α-hetero) is 1. The molecule has 0 fully saturated rings. The molecule has 92 valence electrons. The quantitative estimate of drug-likeness (QED) is 0.601. The molecule has 0 aliphatic carbocycles. The molecule has 0 unspecified atom stereocenters. The zero-order chi connectivity index (χ0) is 13.2. The van der Waals surface area contributed by atoms with E-state index in [-0.39, 0.29) is 16.9 Å². The smallest absolute Gasteiger partial charge is 0.416 e. The van der Waals surface area contributed by atoms with Crippen LogP contribution in [-0.4, -0.2) is 12.9 Å². The van der Waals surface area contributed by atoms with E-state index in [4.69, 9.17) is 4.74 Å². The van der Waals surface area contributed by atoms with E-state index in [1.165, 1.54) is 14.0 Å². The number of ether oxygens (including phenoxy) is 1. The van der Waals surface area contributed by atoms with E-state index in [0.717, 1.165) is 18.2 Å². The van der Waals surface area contributed by atoms with Crippen LogP contribution in [-0.2, 0) is 6.18 Å². The summed E-state index contributed by atoms with van der Waals surface area (Å²) in [5, 5.41) is 0. The summed E-state index contributed by atoms with van der Waals surface area (Å²) in [4.78, 5) is 11.7. The number of hydrogen-bond donors (Lipinski definition) is 0. The van der Waals surface area contributed by atoms with Gasteiger partial charge < -0.3 is 4.74 Å². The second kappa shape index (κ2) is 4.61. The molecule has 0 saturated carbocycles. The highest BCUT2D eigenvalue weighted by Crippen LogP contribution is 2.33. The first-order chi connectivity index (χ1) is 7.77. The Bertz CT molecular complexity index is 461. The van der Waals surface area contributed by atoms with E-state index >= 15 is 0 Å². The second-order valence-electron chi connectivity index (χ2n) is 3.52. The average Bonchev–Trinajstić information content (AvgIpc) is 2.25. The van der Waals surface area contributed by atoms with Crippen LogP contribution in [0.15, 0.2) is 30.4 Å². The predicted molar refractivity (Wildman–Crippen MR) is 57.1 cm³/mol. The van der Waals surface area contributed by atoms with Crippen molar-refractivity contribution in [2.45, 2.75) is 13.1 Å². The summed E-state index contributed by atoms with van der Waals surface area (Å²) < 4.78 is 42.3. The molecule has 0 heterocycles. The molecule has 1 rings (SSSR count). The minimum absolute atomic E-state index is 0.103. The minimum atomic E-state index is -4.49. The summed E-state index contributed by atoms with van der Waals surface area (Å²) >= 11 is 0. The lowest BCUT2D eigenvalue weighted by molar-refractivity contribution is -0.137. The monoisotopic (exact) mass is 244 g/mol. The number of benzene rings is 1. The Morgan fingerprint density at radius 3 is 2.35 bits per heavy atom. The molecule has 5 heteroatoms. The molecular formula is C12H11F3O2. The van der Waals surface area contributed by atoms with Crippen LogP contribution in [0.1, 0.15) is 22.8 Å². The first-order valence-corrected chi connectivity index (χ1v) is 4.73. The summed E-state index contributed by atoms with van der Waals surface area (Å²) in [5.41, 5.74) is -0.861. The molecule has 0 N–H and O–H groups in total. The molecule has 0 aliphatic rings. The van der Waals surface area contributed by atoms with Crippen LogP contribution in [0.3, 0.4) is 0 Å². The van der Waals surface area contributed by atoms with E-state index in [9.17, 15) is 18.0 Å². The molecule has 0 aromatic heterocycles. The van der Waals surface area contributed by atoms with E-state index < -0.39 is 17.5 Å². The number of ketones is 1. The minimum Gasteiger partial charge on any atom is -0.496 e. The SMILES string of the molecule is C=C(C)C(=O)c1cc(C(F)(F)F)ccc1OC. The third-order valence-electron chi connectivity index (χ3n) is 2.16. The highest BCUT2D eigenvalue weighted by Gasteiger charge is 2.32. The molecular weight excluding hydrogens is 233 g/mol. The Labute approximate surface area is 96.7 Å². The number of carbonyl (C=O) groups excluding carboxylic acids is 1. The maximum atomic E-state index is 12.5. The Morgan fingerprint density at radius 1 is 1.35 bits per heavy atom. The molecule has 0 atom stereocenters. The van der Waals surface area contributed by atoms with Crippen molar-refractivity contribution in [1.29, 1.82) is 0 Å². The maximum Gasteiger partial charge on any atom is 0.416 e. The van der Waals surface area contributed by atoms with Gasteiger partial charge in [-0.05, 0) is 30.7 Å². The van der Waals surface area contributed by atoms with Gasteiger partial charge in [0.05, 0.1) is 18.2 Å². The zero-order valence-corrected chi connectivity index (χ0v) is 9.39. The van der Waals surface area contributed by atoms with Gasteiger partial charge in [0, 0.05) is 0 Å². The van der Waals surface area contributed by atoms with Crippen LogP contribution in [0.2, 0.25) is 0 Å². The van der Waals surface area contributed by atoms with Crippen molar-refractivity contribution in [2.75, 3.05) is 7.11 Å². The number of allylic oxidation sites excluding steroid dienone is 1. The number of halogens is 3. The molecule has 2 nitrogen and oxygen atoms in total. The molecule has 0 bridgehead atoms. The Kier molecular flexibility index (Phi) is 3.60. The number of methoxy groups -OCH3 is 1. The standard InChI is InChI=1S/C12H11F3O2/c1-7(2)11(16)9-6-8(12(13,14)15)4-5-10(9)17-3/h4-6H,1H2,2-3H3. The van der Waals surface area contributed by atoms with Gasteiger partial charge in [-0.3, -0.25) is 4.79 Å². The van der Waals surface area contributed by atoms with Crippen LogP contribution in [0, 0.1) is 0 Å². The molecule has 1 aromatic rings. The van der Waals surface area contributed by atoms with Gasteiger partial charge in [-0.1, -0.05) is 6.58 Å². The first-order valence-electron chi connectivity index (χ1n) is 4.73. The summed E-state index contributed by atoms with van der Waals surface area (Å²) in [6.45, 7) is 4.84. The second-order valence-corrected chi connectivity index (χ2v) is 3.52. The lowest BCUT2D eigenvalue weighted by Gasteiger charge is -2.11. The van der Waals surface area contributed by atoms with Gasteiger partial charge in [0.2, 0.25) is 0 Å². The fourth-order valence-electron chi connectivity index (χ4n) is 1.29. The van der Waals surface area contributed by atoms with Crippen molar-refractivity contribution in [3.05, 3.63) is 41.5 Å². The third kappa shape index (κ3) is 2.87. The molecule has 1 aromatic carbocycles. The fourth-order valence-corrected chi connectivity index (χ4v) is 1.29. The van der Waals surface area contributed by atoms with E-state index in [1.807, 2.05) is 0 Å². The van der Waals surface area contributed by atoms with Crippen molar-refractivity contribution < 1.29 is 22.7 Å². The predicted octanol–water partition coefficient (Wildman–Crippen LogP) is 3.47. The van der Waals surface area contributed by atoms with Crippen molar-refractivity contribution in [3.63, 3.8) is 0 Å². The fraction of sp³-hybridized carbons (Fsp3) is 0.250. The topological polar surface area (TPSA) is 26.3 Å².